The number of aliphatic hydroxyl groups excluding tert-OH is 1. The standard InChI is InChI=1S/C14H14Cl2O2S/c1-7-5-11(18-3)8(2)4-9(7)13(17)10-6-12(15)19-14(10)16/h4-6,13,17H,1-3H3. The van der Waals surface area contributed by atoms with E-state index in [0.717, 1.165) is 22.4 Å². The number of benzene rings is 1. The molecule has 0 aliphatic heterocycles. The zero-order valence-electron chi connectivity index (χ0n) is 10.8. The molecule has 2 nitrogen and oxygen atoms in total. The van der Waals surface area contributed by atoms with Crippen LogP contribution in [0.3, 0.4) is 0 Å². The third-order valence-electron chi connectivity index (χ3n) is 3.06. The van der Waals surface area contributed by atoms with Crippen molar-refractivity contribution >= 4 is 34.5 Å². The molecular formula is C14H14Cl2O2S. The van der Waals surface area contributed by atoms with Gasteiger partial charge in [-0.15, -0.1) is 11.3 Å². The SMILES string of the molecule is COc1cc(C)c(C(O)c2cc(Cl)sc2Cl)cc1C. The molecule has 1 atom stereocenters. The molecule has 0 fully saturated rings. The molecule has 0 aliphatic carbocycles. The summed E-state index contributed by atoms with van der Waals surface area (Å²) in [4.78, 5) is 0. The van der Waals surface area contributed by atoms with Crippen LogP contribution in [-0.4, -0.2) is 12.2 Å². The van der Waals surface area contributed by atoms with Gasteiger partial charge in [0.25, 0.3) is 0 Å². The van der Waals surface area contributed by atoms with Crippen LogP contribution in [0.2, 0.25) is 8.67 Å². The summed E-state index contributed by atoms with van der Waals surface area (Å²) in [7, 11) is 1.63. The predicted molar refractivity (Wildman–Crippen MR) is 80.9 cm³/mol. The summed E-state index contributed by atoms with van der Waals surface area (Å²) in [5, 5.41) is 10.5. The molecule has 0 aliphatic rings. The molecule has 1 aromatic heterocycles. The summed E-state index contributed by atoms with van der Waals surface area (Å²) in [5.41, 5.74) is 3.38. The van der Waals surface area contributed by atoms with Gasteiger partial charge in [0.2, 0.25) is 0 Å². The van der Waals surface area contributed by atoms with Gasteiger partial charge in [-0.2, -0.15) is 0 Å². The fourth-order valence-corrected chi connectivity index (χ4v) is 3.55. The Morgan fingerprint density at radius 2 is 1.79 bits per heavy atom. The van der Waals surface area contributed by atoms with Gasteiger partial charge in [0.1, 0.15) is 16.2 Å². The fourth-order valence-electron chi connectivity index (χ4n) is 2.03. The van der Waals surface area contributed by atoms with Crippen molar-refractivity contribution in [1.82, 2.24) is 0 Å². The van der Waals surface area contributed by atoms with Crippen LogP contribution >= 0.6 is 34.5 Å². The van der Waals surface area contributed by atoms with Gasteiger partial charge < -0.3 is 9.84 Å². The highest BCUT2D eigenvalue weighted by atomic mass is 35.5. The van der Waals surface area contributed by atoms with E-state index in [9.17, 15) is 5.11 Å². The molecule has 2 rings (SSSR count). The maximum atomic E-state index is 10.5. The Labute approximate surface area is 126 Å². The minimum absolute atomic E-state index is 0.519. The topological polar surface area (TPSA) is 29.5 Å². The molecule has 0 spiro atoms. The summed E-state index contributed by atoms with van der Waals surface area (Å²) in [6.07, 6.45) is -0.777. The van der Waals surface area contributed by atoms with Crippen LogP contribution in [-0.2, 0) is 0 Å². The lowest BCUT2D eigenvalue weighted by Crippen LogP contribution is -2.03. The van der Waals surface area contributed by atoms with Crippen LogP contribution < -0.4 is 4.74 Å². The first kappa shape index (κ1) is 14.7. The van der Waals surface area contributed by atoms with Gasteiger partial charge in [-0.05, 0) is 48.7 Å². The van der Waals surface area contributed by atoms with Crippen molar-refractivity contribution in [2.45, 2.75) is 20.0 Å². The third kappa shape index (κ3) is 2.90. The predicted octanol–water partition coefficient (Wildman–Crippen LogP) is 4.76. The van der Waals surface area contributed by atoms with Gasteiger partial charge in [-0.3, -0.25) is 0 Å². The molecule has 1 aromatic carbocycles. The fraction of sp³-hybridized carbons (Fsp3) is 0.286. The normalized spacial score (nSPS) is 12.5. The Morgan fingerprint density at radius 3 is 2.32 bits per heavy atom. The largest absolute Gasteiger partial charge is 0.496 e. The van der Waals surface area contributed by atoms with E-state index in [4.69, 9.17) is 27.9 Å². The van der Waals surface area contributed by atoms with E-state index in [1.807, 2.05) is 26.0 Å². The Hall–Kier alpha value is -0.740. The smallest absolute Gasteiger partial charge is 0.122 e. The lowest BCUT2D eigenvalue weighted by Gasteiger charge is -2.16. The number of rotatable bonds is 3. The Bertz CT molecular complexity index is 608. The van der Waals surface area contributed by atoms with Crippen LogP contribution in [0.1, 0.15) is 28.4 Å². The number of thiophene rings is 1. The van der Waals surface area contributed by atoms with Gasteiger partial charge in [-0.1, -0.05) is 23.2 Å². The van der Waals surface area contributed by atoms with Crippen molar-refractivity contribution in [2.24, 2.45) is 0 Å². The average molecular weight is 317 g/mol. The maximum absolute atomic E-state index is 10.5. The molecule has 0 bridgehead atoms. The highest BCUT2D eigenvalue weighted by molar-refractivity contribution is 7.20. The minimum atomic E-state index is -0.777. The van der Waals surface area contributed by atoms with Crippen LogP contribution in [0, 0.1) is 13.8 Å². The molecule has 1 N–H and O–H groups in total. The number of aryl methyl sites for hydroxylation is 2. The molecule has 102 valence electrons. The molecule has 0 saturated heterocycles. The number of methoxy groups -OCH3 is 1. The van der Waals surface area contributed by atoms with E-state index < -0.39 is 6.10 Å². The highest BCUT2D eigenvalue weighted by Crippen LogP contribution is 2.39. The van der Waals surface area contributed by atoms with Crippen LogP contribution in [0.4, 0.5) is 0 Å². The van der Waals surface area contributed by atoms with Gasteiger partial charge in [0.05, 0.1) is 11.4 Å². The monoisotopic (exact) mass is 316 g/mol. The van der Waals surface area contributed by atoms with E-state index in [-0.39, 0.29) is 0 Å². The second-order valence-corrected chi connectivity index (χ2v) is 6.65. The van der Waals surface area contributed by atoms with Gasteiger partial charge >= 0.3 is 0 Å². The molecule has 2 aromatic rings. The highest BCUT2D eigenvalue weighted by Gasteiger charge is 2.19. The quantitative estimate of drug-likeness (QED) is 0.884. The summed E-state index contributed by atoms with van der Waals surface area (Å²) in [5.74, 6) is 0.808. The Balaban J connectivity index is 2.47. The number of hydrogen-bond donors (Lipinski definition) is 1. The Morgan fingerprint density at radius 1 is 1.11 bits per heavy atom. The molecule has 1 heterocycles. The van der Waals surface area contributed by atoms with E-state index in [1.165, 1.54) is 11.3 Å². The third-order valence-corrected chi connectivity index (χ3v) is 4.57. The van der Waals surface area contributed by atoms with Crippen molar-refractivity contribution in [3.63, 3.8) is 0 Å². The van der Waals surface area contributed by atoms with Crippen molar-refractivity contribution in [2.75, 3.05) is 7.11 Å². The summed E-state index contributed by atoms with van der Waals surface area (Å²) in [6, 6.07) is 5.54. The van der Waals surface area contributed by atoms with Gasteiger partial charge in [0, 0.05) is 5.56 Å². The van der Waals surface area contributed by atoms with Crippen molar-refractivity contribution in [3.8, 4) is 5.75 Å². The lowest BCUT2D eigenvalue weighted by atomic mass is 9.97. The first-order valence-electron chi connectivity index (χ1n) is 5.72. The molecule has 19 heavy (non-hydrogen) atoms. The van der Waals surface area contributed by atoms with E-state index in [1.54, 1.807) is 13.2 Å². The van der Waals surface area contributed by atoms with Crippen molar-refractivity contribution in [1.29, 1.82) is 0 Å². The van der Waals surface area contributed by atoms with E-state index >= 15 is 0 Å². The van der Waals surface area contributed by atoms with E-state index in [2.05, 4.69) is 0 Å². The second kappa shape index (κ2) is 5.71. The number of halogens is 2. The summed E-state index contributed by atoms with van der Waals surface area (Å²) in [6.45, 7) is 3.87. The average Bonchev–Trinajstić information content (AvgIpc) is 2.70. The molecule has 5 heteroatoms. The van der Waals surface area contributed by atoms with Gasteiger partial charge in [-0.25, -0.2) is 0 Å². The van der Waals surface area contributed by atoms with Gasteiger partial charge in [0.15, 0.2) is 0 Å². The molecule has 0 amide bonds. The van der Waals surface area contributed by atoms with Crippen molar-refractivity contribution < 1.29 is 9.84 Å². The molecule has 0 saturated carbocycles. The minimum Gasteiger partial charge on any atom is -0.496 e. The maximum Gasteiger partial charge on any atom is 0.122 e. The molecule has 0 radical (unpaired) electrons. The molecular weight excluding hydrogens is 303 g/mol. The van der Waals surface area contributed by atoms with Crippen LogP contribution in [0.15, 0.2) is 18.2 Å². The first-order valence-corrected chi connectivity index (χ1v) is 7.29. The number of ether oxygens (including phenoxy) is 1. The zero-order chi connectivity index (χ0) is 14.2. The van der Waals surface area contributed by atoms with E-state index in [0.29, 0.717) is 14.2 Å². The summed E-state index contributed by atoms with van der Waals surface area (Å²) < 4.78 is 6.36. The second-order valence-electron chi connectivity index (χ2n) is 4.36. The molecule has 1 unspecified atom stereocenters. The first-order chi connectivity index (χ1) is 8.93. The van der Waals surface area contributed by atoms with Crippen LogP contribution in [0.25, 0.3) is 0 Å². The lowest BCUT2D eigenvalue weighted by molar-refractivity contribution is 0.220. The zero-order valence-corrected chi connectivity index (χ0v) is 13.2. The number of aliphatic hydroxyl groups is 1. The summed E-state index contributed by atoms with van der Waals surface area (Å²) >= 11 is 13.3. The van der Waals surface area contributed by atoms with Crippen LogP contribution in [0.5, 0.6) is 5.75 Å². The number of hydrogen-bond acceptors (Lipinski definition) is 3. The Kier molecular flexibility index (Phi) is 4.41. The van der Waals surface area contributed by atoms with Crippen molar-refractivity contribution in [3.05, 3.63) is 49.1 Å².